The molecule has 0 radical (unpaired) electrons. The summed E-state index contributed by atoms with van der Waals surface area (Å²) in [5.74, 6) is 0.525. The van der Waals surface area contributed by atoms with Gasteiger partial charge in [0.2, 0.25) is 5.91 Å². The van der Waals surface area contributed by atoms with Gasteiger partial charge in [-0.2, -0.15) is 0 Å². The van der Waals surface area contributed by atoms with E-state index in [1.165, 1.54) is 5.56 Å². The number of likely N-dealkylation sites (tertiary alicyclic amines) is 1. The molecule has 1 aromatic rings. The molecule has 0 aromatic heterocycles. The second-order valence-corrected chi connectivity index (χ2v) is 5.76. The van der Waals surface area contributed by atoms with E-state index in [-0.39, 0.29) is 18.0 Å². The predicted octanol–water partition coefficient (Wildman–Crippen LogP) is 1.98. The summed E-state index contributed by atoms with van der Waals surface area (Å²) >= 11 is 0. The molecule has 1 amide bonds. The van der Waals surface area contributed by atoms with Gasteiger partial charge in [0.25, 0.3) is 0 Å². The van der Waals surface area contributed by atoms with Crippen molar-refractivity contribution < 1.29 is 9.90 Å². The minimum absolute atomic E-state index is 0.0213. The topological polar surface area (TPSA) is 52.6 Å². The zero-order valence-electron chi connectivity index (χ0n) is 11.9. The number of nitrogens with one attached hydrogen (secondary N) is 1. The normalized spacial score (nSPS) is 26.2. The molecule has 0 bridgehead atoms. The molecule has 0 spiro atoms. The van der Waals surface area contributed by atoms with Gasteiger partial charge in [-0.15, -0.1) is 0 Å². The molecule has 2 N–H and O–H groups in total. The number of phenolic OH excluding ortho intramolecular Hbond substituents is 1. The highest BCUT2D eigenvalue weighted by Gasteiger charge is 2.37. The number of rotatable bonds is 2. The summed E-state index contributed by atoms with van der Waals surface area (Å²) < 4.78 is 0. The number of likely N-dealkylation sites (N-methyl/N-ethyl adjacent to an activating group) is 1. The molecular formula is C16H22N2O2. The van der Waals surface area contributed by atoms with Crippen LogP contribution in [0.2, 0.25) is 0 Å². The second-order valence-electron chi connectivity index (χ2n) is 5.76. The molecule has 0 saturated carbocycles. The Balaban J connectivity index is 1.89. The fourth-order valence-corrected chi connectivity index (χ4v) is 3.73. The van der Waals surface area contributed by atoms with Crippen LogP contribution in [-0.4, -0.2) is 35.5 Å². The molecule has 2 unspecified atom stereocenters. The molecule has 1 aliphatic heterocycles. The molecule has 2 atom stereocenters. The van der Waals surface area contributed by atoms with Gasteiger partial charge in [-0.3, -0.25) is 9.69 Å². The third-order valence-corrected chi connectivity index (χ3v) is 4.71. The minimum Gasteiger partial charge on any atom is -0.508 e. The molecule has 20 heavy (non-hydrogen) atoms. The van der Waals surface area contributed by atoms with Crippen molar-refractivity contribution in [1.82, 2.24) is 10.2 Å². The zero-order valence-corrected chi connectivity index (χ0v) is 11.9. The van der Waals surface area contributed by atoms with Crippen molar-refractivity contribution in [3.05, 3.63) is 29.3 Å². The number of fused-ring (bicyclic) bond motifs is 1. The lowest BCUT2D eigenvalue weighted by atomic mass is 9.96. The van der Waals surface area contributed by atoms with Crippen LogP contribution >= 0.6 is 0 Å². The first-order valence-electron chi connectivity index (χ1n) is 7.50. The van der Waals surface area contributed by atoms with Crippen LogP contribution in [0.15, 0.2) is 18.2 Å². The summed E-state index contributed by atoms with van der Waals surface area (Å²) in [5, 5.41) is 12.8. The van der Waals surface area contributed by atoms with E-state index in [0.717, 1.165) is 44.2 Å². The Morgan fingerprint density at radius 3 is 3.00 bits per heavy atom. The lowest BCUT2D eigenvalue weighted by Gasteiger charge is -2.39. The molecule has 1 saturated heterocycles. The molecular weight excluding hydrogens is 252 g/mol. The summed E-state index contributed by atoms with van der Waals surface area (Å²) in [6.07, 6.45) is 5.11. The van der Waals surface area contributed by atoms with E-state index in [1.54, 1.807) is 13.1 Å². The number of piperidine rings is 1. The molecule has 3 rings (SSSR count). The lowest BCUT2D eigenvalue weighted by molar-refractivity contribution is -0.128. The number of nitrogens with zero attached hydrogens (tertiary/aromatic N) is 1. The Labute approximate surface area is 119 Å². The quantitative estimate of drug-likeness (QED) is 0.867. The first-order valence-corrected chi connectivity index (χ1v) is 7.50. The van der Waals surface area contributed by atoms with E-state index >= 15 is 0 Å². The van der Waals surface area contributed by atoms with Crippen LogP contribution in [0, 0.1) is 0 Å². The Morgan fingerprint density at radius 1 is 1.35 bits per heavy atom. The number of aromatic hydroxyl groups is 1. The number of benzene rings is 1. The van der Waals surface area contributed by atoms with E-state index in [0.29, 0.717) is 5.75 Å². The summed E-state index contributed by atoms with van der Waals surface area (Å²) in [5.41, 5.74) is 2.28. The average molecular weight is 274 g/mol. The fourth-order valence-electron chi connectivity index (χ4n) is 3.73. The van der Waals surface area contributed by atoms with Crippen molar-refractivity contribution >= 4 is 5.91 Å². The van der Waals surface area contributed by atoms with Gasteiger partial charge in [0.1, 0.15) is 5.75 Å². The van der Waals surface area contributed by atoms with Crippen molar-refractivity contribution in [2.24, 2.45) is 0 Å². The van der Waals surface area contributed by atoms with Gasteiger partial charge in [-0.1, -0.05) is 18.6 Å². The third kappa shape index (κ3) is 2.18. The Hall–Kier alpha value is -1.55. The van der Waals surface area contributed by atoms with E-state index < -0.39 is 0 Å². The molecule has 1 fully saturated rings. The standard InChI is InChI=1S/C16H22N2O2/c1-17-16(20)14-6-2-3-10-18(14)13-9-8-12-11(13)5-4-7-15(12)19/h4-5,7,13-14,19H,2-3,6,8-10H2,1H3,(H,17,20). The largest absolute Gasteiger partial charge is 0.508 e. The maximum atomic E-state index is 12.1. The van der Waals surface area contributed by atoms with Crippen LogP contribution < -0.4 is 5.32 Å². The van der Waals surface area contributed by atoms with Gasteiger partial charge in [-0.25, -0.2) is 0 Å². The van der Waals surface area contributed by atoms with Crippen molar-refractivity contribution in [1.29, 1.82) is 0 Å². The lowest BCUT2D eigenvalue weighted by Crippen LogP contribution is -2.49. The molecule has 4 nitrogen and oxygen atoms in total. The SMILES string of the molecule is CNC(=O)C1CCCCN1C1CCc2c(O)cccc21. The van der Waals surface area contributed by atoms with Crippen molar-refractivity contribution in [3.8, 4) is 5.75 Å². The first kappa shape index (κ1) is 13.4. The predicted molar refractivity (Wildman–Crippen MR) is 77.6 cm³/mol. The zero-order chi connectivity index (χ0) is 14.1. The fraction of sp³-hybridized carbons (Fsp3) is 0.562. The van der Waals surface area contributed by atoms with E-state index in [1.807, 2.05) is 6.07 Å². The number of hydrogen-bond donors (Lipinski definition) is 2. The summed E-state index contributed by atoms with van der Waals surface area (Å²) in [4.78, 5) is 14.5. The Kier molecular flexibility index (Phi) is 3.66. The average Bonchev–Trinajstić information content (AvgIpc) is 2.92. The summed E-state index contributed by atoms with van der Waals surface area (Å²) in [7, 11) is 1.71. The van der Waals surface area contributed by atoms with Crippen LogP contribution in [0.5, 0.6) is 5.75 Å². The number of amides is 1. The van der Waals surface area contributed by atoms with Gasteiger partial charge in [0.05, 0.1) is 6.04 Å². The van der Waals surface area contributed by atoms with Gasteiger partial charge in [0.15, 0.2) is 0 Å². The minimum atomic E-state index is -0.0213. The molecule has 1 heterocycles. The number of carbonyl (C=O) groups is 1. The third-order valence-electron chi connectivity index (χ3n) is 4.71. The van der Waals surface area contributed by atoms with E-state index in [4.69, 9.17) is 0 Å². The highest BCUT2D eigenvalue weighted by atomic mass is 16.3. The van der Waals surface area contributed by atoms with Crippen molar-refractivity contribution in [2.75, 3.05) is 13.6 Å². The highest BCUT2D eigenvalue weighted by molar-refractivity contribution is 5.81. The summed E-state index contributed by atoms with van der Waals surface area (Å²) in [6.45, 7) is 0.970. The van der Waals surface area contributed by atoms with Gasteiger partial charge in [0, 0.05) is 13.1 Å². The van der Waals surface area contributed by atoms with Gasteiger partial charge < -0.3 is 10.4 Å². The second kappa shape index (κ2) is 5.44. The highest BCUT2D eigenvalue weighted by Crippen LogP contribution is 2.42. The maximum Gasteiger partial charge on any atom is 0.237 e. The van der Waals surface area contributed by atoms with Crippen LogP contribution in [0.1, 0.15) is 42.9 Å². The molecule has 1 aromatic carbocycles. The van der Waals surface area contributed by atoms with Crippen LogP contribution in [0.3, 0.4) is 0 Å². The number of phenols is 1. The first-order chi connectivity index (χ1) is 9.72. The van der Waals surface area contributed by atoms with E-state index in [2.05, 4.69) is 16.3 Å². The molecule has 2 aliphatic rings. The monoisotopic (exact) mass is 274 g/mol. The number of carbonyl (C=O) groups excluding carboxylic acids is 1. The molecule has 4 heteroatoms. The maximum absolute atomic E-state index is 12.1. The van der Waals surface area contributed by atoms with Crippen LogP contribution in [0.25, 0.3) is 0 Å². The van der Waals surface area contributed by atoms with E-state index in [9.17, 15) is 9.90 Å². The van der Waals surface area contributed by atoms with Gasteiger partial charge in [-0.05, 0) is 49.4 Å². The Morgan fingerprint density at radius 2 is 2.20 bits per heavy atom. The Bertz CT molecular complexity index is 515. The van der Waals surface area contributed by atoms with Crippen LogP contribution in [-0.2, 0) is 11.2 Å². The van der Waals surface area contributed by atoms with Crippen molar-refractivity contribution in [3.63, 3.8) is 0 Å². The van der Waals surface area contributed by atoms with Crippen molar-refractivity contribution in [2.45, 2.75) is 44.2 Å². The molecule has 108 valence electrons. The number of hydrogen-bond acceptors (Lipinski definition) is 3. The summed E-state index contributed by atoms with van der Waals surface area (Å²) in [6, 6.07) is 6.02. The smallest absolute Gasteiger partial charge is 0.237 e. The van der Waals surface area contributed by atoms with Gasteiger partial charge >= 0.3 is 0 Å². The molecule has 1 aliphatic carbocycles. The van der Waals surface area contributed by atoms with Crippen LogP contribution in [0.4, 0.5) is 0 Å².